The smallest absolute Gasteiger partial charge is 0.317 e. The molecule has 0 aromatic rings. The first-order valence-electron chi connectivity index (χ1n) is 1.19. The molecule has 0 atom stereocenters. The molecule has 6 heavy (non-hydrogen) atoms. The third kappa shape index (κ3) is 8.90. The second-order valence-electron chi connectivity index (χ2n) is 0.598. The number of rotatable bonds is 1. The van der Waals surface area contributed by atoms with Gasteiger partial charge in [-0.25, -0.2) is 0 Å². The molecule has 0 aromatic heterocycles. The molecule has 0 saturated carbocycles. The standard InChI is InChI=1S/C2H5NO2.Ag/c3-1-2(4)5;/h1,3H2,(H,4,5);. The number of carbonyl (C=O) groups is 1. The van der Waals surface area contributed by atoms with Crippen LogP contribution in [0.2, 0.25) is 0 Å². The fourth-order valence-corrected chi connectivity index (χ4v) is 0. The maximum absolute atomic E-state index is 9.24. The number of carboxylic acid groups (broad SMARTS) is 1. The van der Waals surface area contributed by atoms with Crippen molar-refractivity contribution in [2.45, 2.75) is 0 Å². The average Bonchev–Trinajstić information content (AvgIpc) is 1.38. The predicted molar refractivity (Wildman–Crippen MR) is 16.7 cm³/mol. The van der Waals surface area contributed by atoms with Crippen LogP contribution in [-0.4, -0.2) is 17.6 Å². The fraction of sp³-hybridized carbons (Fsp3) is 0.500. The van der Waals surface area contributed by atoms with Gasteiger partial charge in [-0.2, -0.15) is 0 Å². The molecular formula is C2H5AgNO2. The number of nitrogens with two attached hydrogens (primary N) is 1. The normalized spacial score (nSPS) is 6.17. The predicted octanol–water partition coefficient (Wildman–Crippen LogP) is -0.973. The Kier molecular flexibility index (Phi) is 8.17. The topological polar surface area (TPSA) is 63.3 Å². The van der Waals surface area contributed by atoms with E-state index in [0.29, 0.717) is 0 Å². The molecule has 4 heteroatoms. The van der Waals surface area contributed by atoms with E-state index < -0.39 is 5.97 Å². The molecule has 3 nitrogen and oxygen atoms in total. The van der Waals surface area contributed by atoms with Gasteiger partial charge in [0, 0.05) is 22.4 Å². The van der Waals surface area contributed by atoms with Crippen molar-refractivity contribution in [1.29, 1.82) is 0 Å². The Hall–Kier alpha value is 0.170. The molecule has 41 valence electrons. The van der Waals surface area contributed by atoms with Crippen molar-refractivity contribution >= 4 is 5.97 Å². The van der Waals surface area contributed by atoms with Gasteiger partial charge in [0.15, 0.2) is 0 Å². The molecule has 3 N–H and O–H groups in total. The van der Waals surface area contributed by atoms with E-state index in [-0.39, 0.29) is 28.9 Å². The third-order valence-electron chi connectivity index (χ3n) is 0.175. The Balaban J connectivity index is 0. The number of aliphatic carboxylic acids is 1. The maximum atomic E-state index is 9.24. The van der Waals surface area contributed by atoms with Gasteiger partial charge in [-0.05, 0) is 0 Å². The molecule has 0 amide bonds. The van der Waals surface area contributed by atoms with E-state index in [1.807, 2.05) is 0 Å². The molecule has 0 aromatic carbocycles. The molecule has 0 aliphatic rings. The quantitative estimate of drug-likeness (QED) is 0.514. The number of hydrogen-bond donors (Lipinski definition) is 2. The van der Waals surface area contributed by atoms with E-state index in [4.69, 9.17) is 5.11 Å². The van der Waals surface area contributed by atoms with Crippen molar-refractivity contribution in [2.24, 2.45) is 5.73 Å². The van der Waals surface area contributed by atoms with Crippen molar-refractivity contribution < 1.29 is 32.3 Å². The van der Waals surface area contributed by atoms with E-state index in [1.165, 1.54) is 0 Å². The summed E-state index contributed by atoms with van der Waals surface area (Å²) in [5.41, 5.74) is 4.57. The average molecular weight is 183 g/mol. The van der Waals surface area contributed by atoms with Crippen LogP contribution in [0.15, 0.2) is 0 Å². The van der Waals surface area contributed by atoms with Crippen LogP contribution in [-0.2, 0) is 27.2 Å². The molecule has 0 rings (SSSR count). The summed E-state index contributed by atoms with van der Waals surface area (Å²) in [7, 11) is 0. The van der Waals surface area contributed by atoms with Gasteiger partial charge in [0.2, 0.25) is 0 Å². The van der Waals surface area contributed by atoms with Crippen LogP contribution in [0.1, 0.15) is 0 Å². The van der Waals surface area contributed by atoms with Crippen LogP contribution in [0.3, 0.4) is 0 Å². The van der Waals surface area contributed by atoms with Crippen molar-refractivity contribution in [3.63, 3.8) is 0 Å². The van der Waals surface area contributed by atoms with Crippen LogP contribution < -0.4 is 5.73 Å². The summed E-state index contributed by atoms with van der Waals surface area (Å²) in [6.45, 7) is -0.278. The van der Waals surface area contributed by atoms with Crippen molar-refractivity contribution in [3.05, 3.63) is 0 Å². The monoisotopic (exact) mass is 182 g/mol. The number of hydrogen-bond acceptors (Lipinski definition) is 2. The molecule has 0 aliphatic heterocycles. The minimum absolute atomic E-state index is 0. The Morgan fingerprint density at radius 3 is 2.00 bits per heavy atom. The summed E-state index contributed by atoms with van der Waals surface area (Å²) < 4.78 is 0. The van der Waals surface area contributed by atoms with Gasteiger partial charge in [0.1, 0.15) is 0 Å². The van der Waals surface area contributed by atoms with Crippen LogP contribution in [0, 0.1) is 0 Å². The van der Waals surface area contributed by atoms with E-state index >= 15 is 0 Å². The Morgan fingerprint density at radius 1 is 1.83 bits per heavy atom. The zero-order chi connectivity index (χ0) is 4.28. The van der Waals surface area contributed by atoms with Crippen LogP contribution in [0.25, 0.3) is 0 Å². The zero-order valence-corrected chi connectivity index (χ0v) is 4.42. The van der Waals surface area contributed by atoms with Gasteiger partial charge < -0.3 is 10.8 Å². The van der Waals surface area contributed by atoms with Crippen molar-refractivity contribution in [1.82, 2.24) is 0 Å². The fourth-order valence-electron chi connectivity index (χ4n) is 0. The zero-order valence-electron chi connectivity index (χ0n) is 2.94. The van der Waals surface area contributed by atoms with Crippen LogP contribution in [0.5, 0.6) is 0 Å². The minimum atomic E-state index is -0.968. The van der Waals surface area contributed by atoms with Crippen LogP contribution in [0.4, 0.5) is 0 Å². The largest absolute Gasteiger partial charge is 0.480 e. The summed E-state index contributed by atoms with van der Waals surface area (Å²) in [5.74, 6) is -0.968. The molecule has 0 unspecified atom stereocenters. The second kappa shape index (κ2) is 5.17. The van der Waals surface area contributed by atoms with Gasteiger partial charge in [-0.1, -0.05) is 0 Å². The van der Waals surface area contributed by atoms with E-state index in [2.05, 4.69) is 5.73 Å². The first kappa shape index (κ1) is 9.48. The molecule has 0 fully saturated rings. The molecular weight excluding hydrogens is 178 g/mol. The molecule has 1 radical (unpaired) electrons. The van der Waals surface area contributed by atoms with Gasteiger partial charge in [-0.3, -0.25) is 4.79 Å². The summed E-state index contributed by atoms with van der Waals surface area (Å²) >= 11 is 0. The van der Waals surface area contributed by atoms with E-state index in [1.54, 1.807) is 0 Å². The SMILES string of the molecule is NCC(=O)O.[Ag]. The van der Waals surface area contributed by atoms with Crippen molar-refractivity contribution in [2.75, 3.05) is 6.54 Å². The maximum Gasteiger partial charge on any atom is 0.317 e. The summed E-state index contributed by atoms with van der Waals surface area (Å²) in [4.78, 5) is 9.24. The summed E-state index contributed by atoms with van der Waals surface area (Å²) in [5, 5.41) is 7.60. The molecule has 0 spiro atoms. The van der Waals surface area contributed by atoms with Crippen LogP contribution >= 0.6 is 0 Å². The number of carboxylic acids is 1. The van der Waals surface area contributed by atoms with Crippen molar-refractivity contribution in [3.8, 4) is 0 Å². The molecule has 0 aliphatic carbocycles. The van der Waals surface area contributed by atoms with E-state index in [0.717, 1.165) is 0 Å². The Morgan fingerprint density at radius 2 is 2.00 bits per heavy atom. The van der Waals surface area contributed by atoms with Gasteiger partial charge >= 0.3 is 5.97 Å². The molecule has 0 heterocycles. The molecule has 0 saturated heterocycles. The van der Waals surface area contributed by atoms with E-state index in [9.17, 15) is 4.79 Å². The summed E-state index contributed by atoms with van der Waals surface area (Å²) in [6.07, 6.45) is 0. The van der Waals surface area contributed by atoms with Gasteiger partial charge in [-0.15, -0.1) is 0 Å². The summed E-state index contributed by atoms with van der Waals surface area (Å²) in [6, 6.07) is 0. The Bertz CT molecular complexity index is 46.8. The first-order valence-corrected chi connectivity index (χ1v) is 1.19. The third-order valence-corrected chi connectivity index (χ3v) is 0.175. The Labute approximate surface area is 51.0 Å². The van der Waals surface area contributed by atoms with Gasteiger partial charge in [0.25, 0.3) is 0 Å². The first-order chi connectivity index (χ1) is 2.27. The van der Waals surface area contributed by atoms with Gasteiger partial charge in [0.05, 0.1) is 6.54 Å². The molecule has 0 bridgehead atoms. The second-order valence-corrected chi connectivity index (χ2v) is 0.598. The minimum Gasteiger partial charge on any atom is -0.480 e.